The third-order valence-electron chi connectivity index (χ3n) is 4.46. The van der Waals surface area contributed by atoms with Crippen molar-refractivity contribution in [1.29, 1.82) is 0 Å². The zero-order chi connectivity index (χ0) is 20.5. The molecule has 0 heterocycles. The van der Waals surface area contributed by atoms with Crippen LogP contribution in [0.1, 0.15) is 11.1 Å². The van der Waals surface area contributed by atoms with Crippen LogP contribution in [0.4, 0.5) is 11.4 Å². The Balaban J connectivity index is 1.40. The van der Waals surface area contributed by atoms with Gasteiger partial charge in [-0.15, -0.1) is 0 Å². The number of hydrogen-bond donors (Lipinski definition) is 2. The Hall–Kier alpha value is -3.47. The number of nitrogens with one attached hydrogen (secondary N) is 2. The maximum absolute atomic E-state index is 12.1. The summed E-state index contributed by atoms with van der Waals surface area (Å²) in [6, 6.07) is 23.3. The summed E-state index contributed by atoms with van der Waals surface area (Å²) < 4.78 is 10.7. The summed E-state index contributed by atoms with van der Waals surface area (Å²) in [5.74, 6) is 1.36. The normalized spacial score (nSPS) is 10.3. The predicted molar refractivity (Wildman–Crippen MR) is 117 cm³/mol. The average molecular weight is 390 g/mol. The van der Waals surface area contributed by atoms with E-state index < -0.39 is 0 Å². The first-order chi connectivity index (χ1) is 14.1. The highest BCUT2D eigenvalue weighted by molar-refractivity contribution is 5.92. The van der Waals surface area contributed by atoms with Crippen LogP contribution in [-0.4, -0.2) is 26.2 Å². The molecule has 0 spiro atoms. The standard InChI is InChI=1S/C24H26N2O3/c1-18-3-11-23(12-4-18)29-17-24(27)26-21-9-7-20(8-10-21)25-16-15-19-5-13-22(28-2)14-6-19/h3-14,25H,15-17H2,1-2H3,(H,26,27). The molecule has 0 bridgehead atoms. The predicted octanol–water partition coefficient (Wildman–Crippen LogP) is 4.68. The summed E-state index contributed by atoms with van der Waals surface area (Å²) in [5, 5.41) is 6.22. The first kappa shape index (κ1) is 20.3. The summed E-state index contributed by atoms with van der Waals surface area (Å²) >= 11 is 0. The Bertz CT molecular complexity index is 904. The van der Waals surface area contributed by atoms with Crippen LogP contribution in [0, 0.1) is 6.92 Å². The highest BCUT2D eigenvalue weighted by Crippen LogP contribution is 2.16. The molecule has 3 rings (SSSR count). The second-order valence-electron chi connectivity index (χ2n) is 6.75. The number of aryl methyl sites for hydroxylation is 1. The number of anilines is 2. The zero-order valence-electron chi connectivity index (χ0n) is 16.8. The second-order valence-corrected chi connectivity index (χ2v) is 6.75. The monoisotopic (exact) mass is 390 g/mol. The van der Waals surface area contributed by atoms with Crippen LogP contribution >= 0.6 is 0 Å². The lowest BCUT2D eigenvalue weighted by atomic mass is 10.1. The molecule has 0 fully saturated rings. The van der Waals surface area contributed by atoms with Gasteiger partial charge >= 0.3 is 0 Å². The highest BCUT2D eigenvalue weighted by atomic mass is 16.5. The van der Waals surface area contributed by atoms with E-state index in [1.54, 1.807) is 7.11 Å². The van der Waals surface area contributed by atoms with Gasteiger partial charge in [-0.3, -0.25) is 4.79 Å². The number of benzene rings is 3. The Morgan fingerprint density at radius 2 is 1.45 bits per heavy atom. The van der Waals surface area contributed by atoms with Gasteiger partial charge in [-0.2, -0.15) is 0 Å². The largest absolute Gasteiger partial charge is 0.497 e. The molecule has 0 saturated carbocycles. The molecule has 0 aliphatic heterocycles. The first-order valence-corrected chi connectivity index (χ1v) is 9.58. The molecule has 150 valence electrons. The van der Waals surface area contributed by atoms with Gasteiger partial charge in [-0.05, 0) is 67.4 Å². The Kier molecular flexibility index (Phi) is 7.11. The zero-order valence-corrected chi connectivity index (χ0v) is 16.8. The van der Waals surface area contributed by atoms with Crippen LogP contribution < -0.4 is 20.1 Å². The quantitative estimate of drug-likeness (QED) is 0.557. The third-order valence-corrected chi connectivity index (χ3v) is 4.46. The van der Waals surface area contributed by atoms with Gasteiger partial charge in [0.25, 0.3) is 5.91 Å². The van der Waals surface area contributed by atoms with E-state index in [4.69, 9.17) is 9.47 Å². The number of carbonyl (C=O) groups is 1. The van der Waals surface area contributed by atoms with Crippen molar-refractivity contribution < 1.29 is 14.3 Å². The summed E-state index contributed by atoms with van der Waals surface area (Å²) in [6.07, 6.45) is 0.916. The van der Waals surface area contributed by atoms with Gasteiger partial charge in [-0.1, -0.05) is 29.8 Å². The minimum Gasteiger partial charge on any atom is -0.497 e. The molecule has 2 N–H and O–H groups in total. The molecular formula is C24H26N2O3. The van der Waals surface area contributed by atoms with Crippen LogP contribution in [0.15, 0.2) is 72.8 Å². The molecule has 0 radical (unpaired) electrons. The maximum Gasteiger partial charge on any atom is 0.262 e. The van der Waals surface area contributed by atoms with Crippen molar-refractivity contribution in [2.75, 3.05) is 30.9 Å². The van der Waals surface area contributed by atoms with Crippen LogP contribution in [0.5, 0.6) is 11.5 Å². The molecule has 0 aliphatic rings. The van der Waals surface area contributed by atoms with Crippen molar-refractivity contribution in [3.8, 4) is 11.5 Å². The van der Waals surface area contributed by atoms with Crippen molar-refractivity contribution >= 4 is 17.3 Å². The number of methoxy groups -OCH3 is 1. The Morgan fingerprint density at radius 3 is 2.10 bits per heavy atom. The lowest BCUT2D eigenvalue weighted by molar-refractivity contribution is -0.118. The van der Waals surface area contributed by atoms with E-state index in [-0.39, 0.29) is 12.5 Å². The van der Waals surface area contributed by atoms with Crippen molar-refractivity contribution in [2.24, 2.45) is 0 Å². The van der Waals surface area contributed by atoms with Gasteiger partial charge in [0, 0.05) is 17.9 Å². The van der Waals surface area contributed by atoms with E-state index >= 15 is 0 Å². The van der Waals surface area contributed by atoms with Gasteiger partial charge in [0.15, 0.2) is 6.61 Å². The summed E-state index contributed by atoms with van der Waals surface area (Å²) in [6.45, 7) is 2.81. The van der Waals surface area contributed by atoms with Crippen molar-refractivity contribution in [2.45, 2.75) is 13.3 Å². The highest BCUT2D eigenvalue weighted by Gasteiger charge is 2.04. The van der Waals surface area contributed by atoms with Gasteiger partial charge < -0.3 is 20.1 Å². The molecule has 5 heteroatoms. The Labute approximate surface area is 171 Å². The van der Waals surface area contributed by atoms with Gasteiger partial charge in [0.05, 0.1) is 7.11 Å². The number of amides is 1. The van der Waals surface area contributed by atoms with E-state index in [9.17, 15) is 4.79 Å². The molecule has 3 aromatic rings. The Morgan fingerprint density at radius 1 is 0.828 bits per heavy atom. The fraction of sp³-hybridized carbons (Fsp3) is 0.208. The van der Waals surface area contributed by atoms with E-state index in [0.29, 0.717) is 5.75 Å². The lowest BCUT2D eigenvalue weighted by Crippen LogP contribution is -2.20. The van der Waals surface area contributed by atoms with Crippen molar-refractivity contribution in [1.82, 2.24) is 0 Å². The second kappa shape index (κ2) is 10.2. The fourth-order valence-electron chi connectivity index (χ4n) is 2.80. The molecule has 0 saturated heterocycles. The maximum atomic E-state index is 12.1. The van der Waals surface area contributed by atoms with Gasteiger partial charge in [0.2, 0.25) is 0 Å². The van der Waals surface area contributed by atoms with Gasteiger partial charge in [0.1, 0.15) is 11.5 Å². The van der Waals surface area contributed by atoms with Crippen LogP contribution in [0.25, 0.3) is 0 Å². The number of ether oxygens (including phenoxy) is 2. The third kappa shape index (κ3) is 6.57. The molecular weight excluding hydrogens is 364 g/mol. The van der Waals surface area contributed by atoms with E-state index in [1.807, 2.05) is 67.6 Å². The van der Waals surface area contributed by atoms with Crippen LogP contribution in [0.3, 0.4) is 0 Å². The molecule has 29 heavy (non-hydrogen) atoms. The first-order valence-electron chi connectivity index (χ1n) is 9.58. The fourth-order valence-corrected chi connectivity index (χ4v) is 2.80. The minimum absolute atomic E-state index is 0.0229. The number of carbonyl (C=O) groups excluding carboxylic acids is 1. The summed E-state index contributed by atoms with van der Waals surface area (Å²) in [4.78, 5) is 12.1. The molecule has 5 nitrogen and oxygen atoms in total. The minimum atomic E-state index is -0.189. The topological polar surface area (TPSA) is 59.6 Å². The lowest BCUT2D eigenvalue weighted by Gasteiger charge is -2.10. The molecule has 0 atom stereocenters. The van der Waals surface area contributed by atoms with E-state index in [2.05, 4.69) is 22.8 Å². The van der Waals surface area contributed by atoms with Crippen molar-refractivity contribution in [3.05, 3.63) is 83.9 Å². The number of hydrogen-bond acceptors (Lipinski definition) is 4. The van der Waals surface area contributed by atoms with Gasteiger partial charge in [-0.25, -0.2) is 0 Å². The molecule has 3 aromatic carbocycles. The summed E-state index contributed by atoms with van der Waals surface area (Å²) in [7, 11) is 1.67. The SMILES string of the molecule is COc1ccc(CCNc2ccc(NC(=O)COc3ccc(C)cc3)cc2)cc1. The van der Waals surface area contributed by atoms with Crippen LogP contribution in [-0.2, 0) is 11.2 Å². The molecule has 0 aromatic heterocycles. The molecule has 0 aliphatic carbocycles. The average Bonchev–Trinajstić information content (AvgIpc) is 2.75. The van der Waals surface area contributed by atoms with Crippen molar-refractivity contribution in [3.63, 3.8) is 0 Å². The smallest absolute Gasteiger partial charge is 0.262 e. The summed E-state index contributed by atoms with van der Waals surface area (Å²) in [5.41, 5.74) is 4.14. The molecule has 1 amide bonds. The molecule has 0 unspecified atom stereocenters. The van der Waals surface area contributed by atoms with E-state index in [0.717, 1.165) is 35.7 Å². The van der Waals surface area contributed by atoms with Crippen LogP contribution in [0.2, 0.25) is 0 Å². The number of rotatable bonds is 9. The van der Waals surface area contributed by atoms with E-state index in [1.165, 1.54) is 5.56 Å².